The number of hydrogen-bond donors (Lipinski definition) is 0. The Morgan fingerprint density at radius 3 is 2.93 bits per heavy atom. The van der Waals surface area contributed by atoms with Crippen LogP contribution < -0.4 is 0 Å². The number of benzene rings is 1. The molecular formula is C9H9ClO3P+. The second-order valence-corrected chi connectivity index (χ2v) is 4.28. The van der Waals surface area contributed by atoms with E-state index in [0.717, 1.165) is 5.56 Å². The largest absolute Gasteiger partial charge is 0.698 e. The Bertz CT molecular complexity index is 356. The van der Waals surface area contributed by atoms with E-state index >= 15 is 0 Å². The van der Waals surface area contributed by atoms with Crippen molar-refractivity contribution in [3.05, 3.63) is 34.9 Å². The highest BCUT2D eigenvalue weighted by atomic mass is 35.5. The highest BCUT2D eigenvalue weighted by molar-refractivity contribution is 7.33. The molecule has 1 aromatic carbocycles. The predicted octanol–water partition coefficient (Wildman–Crippen LogP) is 3.48. The van der Waals surface area contributed by atoms with Crippen molar-refractivity contribution in [2.75, 3.05) is 6.61 Å². The van der Waals surface area contributed by atoms with E-state index in [2.05, 4.69) is 0 Å². The molecule has 0 bridgehead atoms. The van der Waals surface area contributed by atoms with Crippen LogP contribution in [0, 0.1) is 0 Å². The molecular weight excluding hydrogens is 223 g/mol. The first-order valence-corrected chi connectivity index (χ1v) is 5.76. The molecule has 0 aliphatic carbocycles. The average molecular weight is 232 g/mol. The van der Waals surface area contributed by atoms with Crippen molar-refractivity contribution in [2.45, 2.75) is 12.5 Å². The summed E-state index contributed by atoms with van der Waals surface area (Å²) in [5.41, 5.74) is 0.876. The zero-order valence-corrected chi connectivity index (χ0v) is 9.00. The minimum Gasteiger partial charge on any atom is -0.119 e. The summed E-state index contributed by atoms with van der Waals surface area (Å²) in [6, 6.07) is 7.41. The maximum atomic E-state index is 11.0. The molecule has 1 fully saturated rings. The molecule has 0 saturated carbocycles. The minimum absolute atomic E-state index is 0.207. The van der Waals surface area contributed by atoms with Crippen molar-refractivity contribution < 1.29 is 13.6 Å². The summed E-state index contributed by atoms with van der Waals surface area (Å²) >= 11 is 5.99. The van der Waals surface area contributed by atoms with Gasteiger partial charge in [0.05, 0.1) is 0 Å². The molecule has 1 heterocycles. The molecule has 2 rings (SSSR count). The Morgan fingerprint density at radius 2 is 2.21 bits per heavy atom. The fraction of sp³-hybridized carbons (Fsp3) is 0.333. The van der Waals surface area contributed by atoms with Gasteiger partial charge in [-0.2, -0.15) is 0 Å². The van der Waals surface area contributed by atoms with Crippen molar-refractivity contribution in [3.8, 4) is 0 Å². The van der Waals surface area contributed by atoms with Crippen molar-refractivity contribution >= 4 is 19.9 Å². The van der Waals surface area contributed by atoms with Crippen LogP contribution in [0.3, 0.4) is 0 Å². The fourth-order valence-corrected chi connectivity index (χ4v) is 2.37. The van der Waals surface area contributed by atoms with Crippen LogP contribution in [0.2, 0.25) is 5.02 Å². The first-order valence-electron chi connectivity index (χ1n) is 4.29. The van der Waals surface area contributed by atoms with E-state index in [9.17, 15) is 4.57 Å². The van der Waals surface area contributed by atoms with Crippen LogP contribution in [0.5, 0.6) is 0 Å². The lowest BCUT2D eigenvalue weighted by Gasteiger charge is -2.14. The minimum atomic E-state index is -1.98. The number of halogens is 1. The molecule has 0 amide bonds. The molecule has 1 aromatic rings. The van der Waals surface area contributed by atoms with Crippen molar-refractivity contribution in [2.24, 2.45) is 0 Å². The van der Waals surface area contributed by atoms with Gasteiger partial charge in [-0.15, -0.1) is 9.05 Å². The molecule has 2 atom stereocenters. The van der Waals surface area contributed by atoms with Gasteiger partial charge in [-0.25, -0.2) is 0 Å². The monoisotopic (exact) mass is 231 g/mol. The summed E-state index contributed by atoms with van der Waals surface area (Å²) in [5.74, 6) is 0. The van der Waals surface area contributed by atoms with Gasteiger partial charge in [0.25, 0.3) is 0 Å². The number of rotatable bonds is 1. The maximum absolute atomic E-state index is 11.0. The summed E-state index contributed by atoms with van der Waals surface area (Å²) < 4.78 is 21.0. The summed E-state index contributed by atoms with van der Waals surface area (Å²) in [4.78, 5) is 0. The quantitative estimate of drug-likeness (QED) is 0.694. The van der Waals surface area contributed by atoms with Crippen LogP contribution in [0.15, 0.2) is 24.3 Å². The molecule has 0 N–H and O–H groups in total. The first kappa shape index (κ1) is 10.1. The van der Waals surface area contributed by atoms with Gasteiger partial charge in [0.15, 0.2) is 0 Å². The van der Waals surface area contributed by atoms with Crippen molar-refractivity contribution in [1.82, 2.24) is 0 Å². The fourth-order valence-electron chi connectivity index (χ4n) is 1.37. The van der Waals surface area contributed by atoms with Gasteiger partial charge in [-0.3, -0.25) is 0 Å². The van der Waals surface area contributed by atoms with Crippen LogP contribution >= 0.6 is 19.9 Å². The summed E-state index contributed by atoms with van der Waals surface area (Å²) in [7, 11) is -1.98. The zero-order chi connectivity index (χ0) is 9.97. The van der Waals surface area contributed by atoms with Crippen LogP contribution in [0.1, 0.15) is 18.1 Å². The second-order valence-electron chi connectivity index (χ2n) is 2.96. The Hall–Kier alpha value is -0.470. The Balaban J connectivity index is 2.22. The van der Waals surface area contributed by atoms with Crippen molar-refractivity contribution in [1.29, 1.82) is 0 Å². The van der Waals surface area contributed by atoms with Crippen LogP contribution in [-0.2, 0) is 13.6 Å². The van der Waals surface area contributed by atoms with E-state index < -0.39 is 8.25 Å². The van der Waals surface area contributed by atoms with Gasteiger partial charge in [-0.1, -0.05) is 29.8 Å². The standard InChI is InChI=1S/C9H9ClO3P/c10-8-4-2-1-3-7(8)9-5-6-12-14(11)13-9/h1-4,9H,5-6H2/q+1/t9-/m0/s1. The van der Waals surface area contributed by atoms with E-state index in [-0.39, 0.29) is 6.10 Å². The SMILES string of the molecule is O=[P+]1OCC[C@@H](c2ccccc2Cl)O1. The highest BCUT2D eigenvalue weighted by Gasteiger charge is 2.34. The molecule has 1 aliphatic rings. The van der Waals surface area contributed by atoms with Crippen LogP contribution in [-0.4, -0.2) is 6.61 Å². The summed E-state index contributed by atoms with van der Waals surface area (Å²) in [6.45, 7) is 0.449. The highest BCUT2D eigenvalue weighted by Crippen LogP contribution is 2.41. The predicted molar refractivity (Wildman–Crippen MR) is 53.5 cm³/mol. The molecule has 0 spiro atoms. The molecule has 3 nitrogen and oxygen atoms in total. The van der Waals surface area contributed by atoms with Crippen LogP contribution in [0.4, 0.5) is 0 Å². The van der Waals surface area contributed by atoms with E-state index in [1.54, 1.807) is 6.07 Å². The molecule has 0 aromatic heterocycles. The lowest BCUT2D eigenvalue weighted by molar-refractivity contribution is 0.0969. The molecule has 14 heavy (non-hydrogen) atoms. The second kappa shape index (κ2) is 4.37. The Kier molecular flexibility index (Phi) is 3.14. The van der Waals surface area contributed by atoms with Crippen LogP contribution in [0.25, 0.3) is 0 Å². The van der Waals surface area contributed by atoms with Gasteiger partial charge in [0, 0.05) is 21.6 Å². The average Bonchev–Trinajstić information content (AvgIpc) is 2.18. The molecule has 1 unspecified atom stereocenters. The van der Waals surface area contributed by atoms with E-state index in [0.29, 0.717) is 18.1 Å². The first-order chi connectivity index (χ1) is 6.77. The molecule has 1 saturated heterocycles. The third-order valence-corrected chi connectivity index (χ3v) is 3.21. The molecule has 5 heteroatoms. The third kappa shape index (κ3) is 2.12. The molecule has 0 radical (unpaired) electrons. The molecule has 74 valence electrons. The van der Waals surface area contributed by atoms with Gasteiger partial charge in [0.1, 0.15) is 12.7 Å². The third-order valence-electron chi connectivity index (χ3n) is 2.04. The lowest BCUT2D eigenvalue weighted by atomic mass is 10.1. The zero-order valence-electron chi connectivity index (χ0n) is 7.35. The molecule has 1 aliphatic heterocycles. The van der Waals surface area contributed by atoms with E-state index in [1.165, 1.54) is 0 Å². The topological polar surface area (TPSA) is 35.5 Å². The smallest absolute Gasteiger partial charge is 0.119 e. The normalized spacial score (nSPS) is 24.9. The van der Waals surface area contributed by atoms with Gasteiger partial charge < -0.3 is 0 Å². The van der Waals surface area contributed by atoms with Gasteiger partial charge >= 0.3 is 8.25 Å². The van der Waals surface area contributed by atoms with Gasteiger partial charge in [-0.05, 0) is 6.07 Å². The Labute approximate surface area is 87.9 Å². The Morgan fingerprint density at radius 1 is 1.43 bits per heavy atom. The van der Waals surface area contributed by atoms with E-state index in [1.807, 2.05) is 18.2 Å². The van der Waals surface area contributed by atoms with E-state index in [4.69, 9.17) is 20.6 Å². The summed E-state index contributed by atoms with van der Waals surface area (Å²) in [5, 5.41) is 0.641. The van der Waals surface area contributed by atoms with Crippen molar-refractivity contribution in [3.63, 3.8) is 0 Å². The summed E-state index contributed by atoms with van der Waals surface area (Å²) in [6.07, 6.45) is 0.478. The maximum Gasteiger partial charge on any atom is 0.698 e. The lowest BCUT2D eigenvalue weighted by Crippen LogP contribution is -2.09. The van der Waals surface area contributed by atoms with Gasteiger partial charge in [0.2, 0.25) is 0 Å². The number of hydrogen-bond acceptors (Lipinski definition) is 3.